The molecular weight excluding hydrogens is 388 g/mol. The summed E-state index contributed by atoms with van der Waals surface area (Å²) in [6, 6.07) is 5.50. The number of anilines is 1. The molecule has 0 spiro atoms. The lowest BCUT2D eigenvalue weighted by molar-refractivity contribution is 0.247. The van der Waals surface area contributed by atoms with E-state index in [9.17, 15) is 5.11 Å². The molecule has 5 rings (SSSR count). The van der Waals surface area contributed by atoms with Crippen LogP contribution < -0.4 is 4.90 Å². The quantitative estimate of drug-likeness (QED) is 0.647. The molecule has 3 aromatic rings. The zero-order valence-electron chi connectivity index (χ0n) is 18.4. The molecule has 1 saturated heterocycles. The number of phenolic OH excluding ortho intramolecular Hbond substituents is 1. The lowest BCUT2D eigenvalue weighted by atomic mass is 9.79. The van der Waals surface area contributed by atoms with Gasteiger partial charge in [0.15, 0.2) is 0 Å². The number of hydrogen-bond acceptors (Lipinski definition) is 6. The number of aromatic nitrogens is 5. The molecular formula is C24H30N6O. The molecule has 2 aromatic heterocycles. The minimum Gasteiger partial charge on any atom is -0.507 e. The third kappa shape index (κ3) is 4.01. The molecule has 2 aliphatic rings. The van der Waals surface area contributed by atoms with Crippen molar-refractivity contribution in [2.75, 3.05) is 18.0 Å². The average molecular weight is 419 g/mol. The molecule has 0 bridgehead atoms. The van der Waals surface area contributed by atoms with Crippen LogP contribution in [0.1, 0.15) is 40.0 Å². The van der Waals surface area contributed by atoms with Crippen LogP contribution in [0.25, 0.3) is 22.4 Å². The van der Waals surface area contributed by atoms with Crippen LogP contribution in [0.3, 0.4) is 0 Å². The summed E-state index contributed by atoms with van der Waals surface area (Å²) in [6.45, 7) is 9.08. The third-order valence-electron chi connectivity index (χ3n) is 6.82. The molecule has 3 heterocycles. The Labute approximate surface area is 182 Å². The Balaban J connectivity index is 1.30. The summed E-state index contributed by atoms with van der Waals surface area (Å²) in [4.78, 5) is 6.90. The van der Waals surface area contributed by atoms with Crippen molar-refractivity contribution >= 4 is 5.95 Å². The fourth-order valence-corrected chi connectivity index (χ4v) is 5.46. The fourth-order valence-electron chi connectivity index (χ4n) is 5.46. The monoisotopic (exact) mass is 418 g/mol. The Morgan fingerprint density at radius 3 is 2.65 bits per heavy atom. The second-order valence-electron chi connectivity index (χ2n) is 10.3. The van der Waals surface area contributed by atoms with Crippen molar-refractivity contribution in [3.63, 3.8) is 0 Å². The van der Waals surface area contributed by atoms with Crippen LogP contribution in [-0.4, -0.2) is 43.6 Å². The first-order valence-corrected chi connectivity index (χ1v) is 11.1. The van der Waals surface area contributed by atoms with Gasteiger partial charge in [-0.1, -0.05) is 26.8 Å². The van der Waals surface area contributed by atoms with Gasteiger partial charge in [-0.05, 0) is 60.1 Å². The van der Waals surface area contributed by atoms with E-state index in [0.29, 0.717) is 22.6 Å². The average Bonchev–Trinajstić information content (AvgIpc) is 3.46. The molecule has 3 atom stereocenters. The Bertz CT molecular complexity index is 1040. The van der Waals surface area contributed by atoms with Gasteiger partial charge in [-0.25, -0.2) is 4.98 Å². The normalized spacial score (nSPS) is 23.3. The van der Waals surface area contributed by atoms with E-state index in [-0.39, 0.29) is 5.75 Å². The number of aromatic amines is 1. The van der Waals surface area contributed by atoms with Crippen molar-refractivity contribution in [3.05, 3.63) is 36.8 Å². The molecule has 162 valence electrons. The largest absolute Gasteiger partial charge is 0.507 e. The van der Waals surface area contributed by atoms with E-state index >= 15 is 0 Å². The number of fused-ring (bicyclic) bond motifs is 1. The number of rotatable bonds is 4. The minimum absolute atomic E-state index is 0.156. The summed E-state index contributed by atoms with van der Waals surface area (Å²) in [5, 5.41) is 26.1. The molecule has 7 heteroatoms. The number of nitrogens with one attached hydrogen (secondary N) is 1. The van der Waals surface area contributed by atoms with Crippen molar-refractivity contribution in [3.8, 4) is 28.1 Å². The van der Waals surface area contributed by atoms with Crippen molar-refractivity contribution in [1.29, 1.82) is 0 Å². The van der Waals surface area contributed by atoms with Crippen molar-refractivity contribution < 1.29 is 5.11 Å². The van der Waals surface area contributed by atoms with Crippen LogP contribution >= 0.6 is 0 Å². The Hall–Kier alpha value is -2.96. The first-order valence-electron chi connectivity index (χ1n) is 11.1. The smallest absolute Gasteiger partial charge is 0.245 e. The van der Waals surface area contributed by atoms with E-state index in [2.05, 4.69) is 51.0 Å². The predicted molar refractivity (Wildman–Crippen MR) is 120 cm³/mol. The van der Waals surface area contributed by atoms with E-state index in [1.54, 1.807) is 24.7 Å². The topological polar surface area (TPSA) is 90.8 Å². The Kier molecular flexibility index (Phi) is 4.91. The highest BCUT2D eigenvalue weighted by atomic mass is 16.3. The van der Waals surface area contributed by atoms with Gasteiger partial charge in [-0.2, -0.15) is 5.10 Å². The van der Waals surface area contributed by atoms with Crippen LogP contribution in [0.15, 0.2) is 36.8 Å². The molecule has 0 radical (unpaired) electrons. The summed E-state index contributed by atoms with van der Waals surface area (Å²) in [5.74, 6) is 3.13. The Morgan fingerprint density at radius 2 is 1.97 bits per heavy atom. The highest BCUT2D eigenvalue weighted by Crippen LogP contribution is 2.47. The lowest BCUT2D eigenvalue weighted by Gasteiger charge is -2.27. The van der Waals surface area contributed by atoms with Crippen LogP contribution in [-0.2, 0) is 0 Å². The second kappa shape index (κ2) is 7.62. The maximum Gasteiger partial charge on any atom is 0.245 e. The van der Waals surface area contributed by atoms with Gasteiger partial charge in [0.1, 0.15) is 11.4 Å². The van der Waals surface area contributed by atoms with E-state index in [4.69, 9.17) is 0 Å². The second-order valence-corrected chi connectivity index (χ2v) is 10.3. The summed E-state index contributed by atoms with van der Waals surface area (Å²) in [6.07, 6.45) is 9.19. The number of aromatic hydroxyl groups is 1. The number of nitrogens with zero attached hydrogens (tertiary/aromatic N) is 5. The number of H-pyrrole nitrogens is 1. The van der Waals surface area contributed by atoms with E-state index < -0.39 is 0 Å². The maximum absolute atomic E-state index is 10.5. The zero-order chi connectivity index (χ0) is 21.6. The lowest BCUT2D eigenvalue weighted by Crippen LogP contribution is -2.26. The first kappa shape index (κ1) is 20.0. The van der Waals surface area contributed by atoms with Crippen LogP contribution in [0.5, 0.6) is 5.75 Å². The molecule has 1 aliphatic carbocycles. The van der Waals surface area contributed by atoms with Crippen molar-refractivity contribution in [2.45, 2.75) is 40.0 Å². The number of benzene rings is 1. The van der Waals surface area contributed by atoms with Gasteiger partial charge in [-0.3, -0.25) is 5.10 Å². The maximum atomic E-state index is 10.5. The minimum atomic E-state index is 0.156. The molecule has 31 heavy (non-hydrogen) atoms. The van der Waals surface area contributed by atoms with Gasteiger partial charge in [0.05, 0.1) is 12.4 Å². The molecule has 7 nitrogen and oxygen atoms in total. The summed E-state index contributed by atoms with van der Waals surface area (Å²) in [5.41, 5.74) is 3.39. The van der Waals surface area contributed by atoms with Crippen LogP contribution in [0.2, 0.25) is 0 Å². The zero-order valence-corrected chi connectivity index (χ0v) is 18.4. The molecule has 2 N–H and O–H groups in total. The van der Waals surface area contributed by atoms with Gasteiger partial charge in [0.2, 0.25) is 5.95 Å². The van der Waals surface area contributed by atoms with Gasteiger partial charge in [0.25, 0.3) is 0 Å². The summed E-state index contributed by atoms with van der Waals surface area (Å²) >= 11 is 0. The SMILES string of the molecule is CC(C)(C)C[C@@H]1CC[C@@H]2CN(c3ncc(-c4ccc(-c5cn[nH]c5)cc4O)nn3)C[C@@H]21. The van der Waals surface area contributed by atoms with E-state index in [0.717, 1.165) is 42.0 Å². The van der Waals surface area contributed by atoms with Crippen molar-refractivity contribution in [1.82, 2.24) is 25.4 Å². The van der Waals surface area contributed by atoms with Gasteiger partial charge >= 0.3 is 0 Å². The van der Waals surface area contributed by atoms with Gasteiger partial charge < -0.3 is 10.0 Å². The summed E-state index contributed by atoms with van der Waals surface area (Å²) in [7, 11) is 0. The van der Waals surface area contributed by atoms with Gasteiger partial charge in [-0.15, -0.1) is 10.2 Å². The molecule has 1 aromatic carbocycles. The standard InChI is InChI=1S/C24H30N6O/c1-24(2,3)9-16-4-5-17-13-30(14-20(16)17)23-25-12-21(28-29-23)19-7-6-15(8-22(19)31)18-10-26-27-11-18/h6-8,10-12,16-17,20,31H,4-5,9,13-14H2,1-3H3,(H,26,27)/t16-,17+,20+/m0/s1. The van der Waals surface area contributed by atoms with Crippen LogP contribution in [0, 0.1) is 23.2 Å². The first-order chi connectivity index (χ1) is 14.9. The van der Waals surface area contributed by atoms with Gasteiger partial charge in [0, 0.05) is 30.4 Å². The highest BCUT2D eigenvalue weighted by molar-refractivity contribution is 5.73. The highest BCUT2D eigenvalue weighted by Gasteiger charge is 2.44. The number of hydrogen-bond donors (Lipinski definition) is 2. The van der Waals surface area contributed by atoms with E-state index in [1.165, 1.54) is 19.3 Å². The Morgan fingerprint density at radius 1 is 1.10 bits per heavy atom. The molecule has 0 unspecified atom stereocenters. The molecule has 1 aliphatic heterocycles. The molecule has 1 saturated carbocycles. The van der Waals surface area contributed by atoms with E-state index in [1.807, 2.05) is 12.1 Å². The number of phenols is 1. The summed E-state index contributed by atoms with van der Waals surface area (Å²) < 4.78 is 0. The van der Waals surface area contributed by atoms with Crippen molar-refractivity contribution in [2.24, 2.45) is 23.2 Å². The third-order valence-corrected chi connectivity index (χ3v) is 6.82. The fraction of sp³-hybridized carbons (Fsp3) is 0.500. The molecule has 0 amide bonds. The van der Waals surface area contributed by atoms with Crippen LogP contribution in [0.4, 0.5) is 5.95 Å². The predicted octanol–water partition coefficient (Wildman–Crippen LogP) is 4.53. The molecule has 2 fully saturated rings.